The summed E-state index contributed by atoms with van der Waals surface area (Å²) in [7, 11) is 0. The lowest BCUT2D eigenvalue weighted by molar-refractivity contribution is 0.0443. The summed E-state index contributed by atoms with van der Waals surface area (Å²) < 4.78 is 11.0. The molecule has 1 unspecified atom stereocenters. The van der Waals surface area contributed by atoms with Gasteiger partial charge in [0.25, 0.3) is 0 Å². The van der Waals surface area contributed by atoms with Crippen LogP contribution >= 0.6 is 0 Å². The van der Waals surface area contributed by atoms with Gasteiger partial charge in [-0.05, 0) is 63.7 Å². The predicted molar refractivity (Wildman–Crippen MR) is 104 cm³/mol. The second kappa shape index (κ2) is 16.2. The normalized spacial score (nSPS) is 18.4. The maximum Gasteiger partial charge on any atom is 0.117 e. The molecule has 1 rings (SSSR count). The van der Waals surface area contributed by atoms with Crippen LogP contribution in [0.5, 0.6) is 0 Å². The zero-order chi connectivity index (χ0) is 18.0. The van der Waals surface area contributed by atoms with Gasteiger partial charge in [-0.15, -0.1) is 18.9 Å². The summed E-state index contributed by atoms with van der Waals surface area (Å²) in [5.74, 6) is 3.36. The fourth-order valence-electron chi connectivity index (χ4n) is 2.87. The highest BCUT2D eigenvalue weighted by atomic mass is 16.6. The second-order valence-electron chi connectivity index (χ2n) is 6.57. The van der Waals surface area contributed by atoms with E-state index in [0.29, 0.717) is 19.8 Å². The molecule has 1 atom stereocenters. The van der Waals surface area contributed by atoms with Gasteiger partial charge in [0.1, 0.15) is 6.61 Å². The Morgan fingerprint density at radius 1 is 1.04 bits per heavy atom. The Balaban J connectivity index is 1.78. The molecule has 0 N–H and O–H groups in total. The number of unbranched alkanes of at least 4 members (excludes halogenated alkanes) is 4. The van der Waals surface area contributed by atoms with Crippen LogP contribution in [0.25, 0.3) is 0 Å². The Hall–Kier alpha value is -1.31. The first-order valence-corrected chi connectivity index (χ1v) is 9.74. The number of nitrogens with zero attached hydrogens (tertiary/aromatic N) is 1. The molecule has 0 heterocycles. The first kappa shape index (κ1) is 21.7. The number of ether oxygens (including phenoxy) is 2. The van der Waals surface area contributed by atoms with E-state index in [0.717, 1.165) is 76.9 Å². The molecule has 4 nitrogen and oxygen atoms in total. The quantitative estimate of drug-likeness (QED) is 0.175. The Kier molecular flexibility index (Phi) is 14.1. The number of terminal acetylenes is 1. The lowest BCUT2D eigenvalue weighted by Gasteiger charge is -2.06. The van der Waals surface area contributed by atoms with E-state index in [-0.39, 0.29) is 0 Å². The highest BCUT2D eigenvalue weighted by Crippen LogP contribution is 2.26. The SMILES string of the molecule is C#CCCCCOCCOCCCCCO/N=C1\CCC(CC=C)C1. The van der Waals surface area contributed by atoms with E-state index in [1.54, 1.807) is 0 Å². The molecule has 0 spiro atoms. The highest BCUT2D eigenvalue weighted by Gasteiger charge is 2.19. The fourth-order valence-corrected chi connectivity index (χ4v) is 2.87. The summed E-state index contributed by atoms with van der Waals surface area (Å²) in [4.78, 5) is 5.43. The maximum absolute atomic E-state index is 5.55. The molecule has 25 heavy (non-hydrogen) atoms. The van der Waals surface area contributed by atoms with Crippen LogP contribution in [0.4, 0.5) is 0 Å². The van der Waals surface area contributed by atoms with Crippen molar-refractivity contribution in [3.8, 4) is 12.3 Å². The van der Waals surface area contributed by atoms with Crippen molar-refractivity contribution in [2.45, 2.75) is 64.2 Å². The zero-order valence-corrected chi connectivity index (χ0v) is 15.7. The molecule has 0 aromatic rings. The average Bonchev–Trinajstić information content (AvgIpc) is 3.06. The molecule has 1 fully saturated rings. The molecule has 0 aromatic carbocycles. The van der Waals surface area contributed by atoms with Crippen molar-refractivity contribution in [1.29, 1.82) is 0 Å². The topological polar surface area (TPSA) is 40.0 Å². The Morgan fingerprint density at radius 2 is 1.76 bits per heavy atom. The molecule has 0 amide bonds. The van der Waals surface area contributed by atoms with Gasteiger partial charge in [0.2, 0.25) is 0 Å². The van der Waals surface area contributed by atoms with Crippen LogP contribution < -0.4 is 0 Å². The molecule has 142 valence electrons. The van der Waals surface area contributed by atoms with E-state index >= 15 is 0 Å². The Bertz CT molecular complexity index is 400. The molecule has 1 saturated carbocycles. The van der Waals surface area contributed by atoms with Crippen molar-refractivity contribution in [2.75, 3.05) is 33.0 Å². The molecule has 0 aromatic heterocycles. The molecule has 0 radical (unpaired) electrons. The van der Waals surface area contributed by atoms with Gasteiger partial charge in [-0.2, -0.15) is 0 Å². The Morgan fingerprint density at radius 3 is 2.48 bits per heavy atom. The number of rotatable bonds is 16. The Labute approximate surface area is 154 Å². The standard InChI is InChI=1S/C21H35NO3/c1-3-5-6-8-14-23-17-18-24-15-9-7-10-16-25-22-21-13-12-20(19-21)11-4-2/h1,4,20H,2,5-19H2/b22-21+. The molecule has 0 bridgehead atoms. The zero-order valence-electron chi connectivity index (χ0n) is 15.7. The van der Waals surface area contributed by atoms with Crippen molar-refractivity contribution >= 4 is 5.71 Å². The van der Waals surface area contributed by atoms with Gasteiger partial charge in [0, 0.05) is 19.6 Å². The van der Waals surface area contributed by atoms with Crippen molar-refractivity contribution in [3.05, 3.63) is 12.7 Å². The molecule has 4 heteroatoms. The van der Waals surface area contributed by atoms with Crippen molar-refractivity contribution in [3.63, 3.8) is 0 Å². The maximum atomic E-state index is 5.55. The van der Waals surface area contributed by atoms with Crippen LogP contribution in [-0.4, -0.2) is 38.7 Å². The smallest absolute Gasteiger partial charge is 0.117 e. The highest BCUT2D eigenvalue weighted by molar-refractivity contribution is 5.86. The summed E-state index contributed by atoms with van der Waals surface area (Å²) in [5, 5.41) is 4.27. The van der Waals surface area contributed by atoms with Gasteiger partial charge < -0.3 is 14.3 Å². The molecule has 0 saturated heterocycles. The van der Waals surface area contributed by atoms with Gasteiger partial charge in [-0.25, -0.2) is 0 Å². The molecule has 1 aliphatic rings. The summed E-state index contributed by atoms with van der Waals surface area (Å²) >= 11 is 0. The number of hydrogen-bond acceptors (Lipinski definition) is 4. The van der Waals surface area contributed by atoms with Crippen LogP contribution in [0.3, 0.4) is 0 Å². The van der Waals surface area contributed by atoms with Gasteiger partial charge >= 0.3 is 0 Å². The van der Waals surface area contributed by atoms with Crippen LogP contribution in [-0.2, 0) is 14.3 Å². The largest absolute Gasteiger partial charge is 0.396 e. The minimum atomic E-state index is 0.670. The van der Waals surface area contributed by atoms with Crippen molar-refractivity contribution in [1.82, 2.24) is 0 Å². The van der Waals surface area contributed by atoms with E-state index in [4.69, 9.17) is 20.7 Å². The average molecular weight is 350 g/mol. The predicted octanol–water partition coefficient (Wildman–Crippen LogP) is 4.74. The van der Waals surface area contributed by atoms with Crippen molar-refractivity contribution < 1.29 is 14.3 Å². The van der Waals surface area contributed by atoms with Crippen LogP contribution in [0.2, 0.25) is 0 Å². The second-order valence-corrected chi connectivity index (χ2v) is 6.57. The van der Waals surface area contributed by atoms with E-state index in [2.05, 4.69) is 17.7 Å². The van der Waals surface area contributed by atoms with E-state index < -0.39 is 0 Å². The summed E-state index contributed by atoms with van der Waals surface area (Å²) in [6, 6.07) is 0. The molecule has 1 aliphatic carbocycles. The molecule has 0 aliphatic heterocycles. The van der Waals surface area contributed by atoms with Gasteiger partial charge in [-0.3, -0.25) is 0 Å². The molecular weight excluding hydrogens is 314 g/mol. The minimum Gasteiger partial charge on any atom is -0.396 e. The third-order valence-electron chi connectivity index (χ3n) is 4.32. The van der Waals surface area contributed by atoms with E-state index in [1.165, 1.54) is 12.1 Å². The minimum absolute atomic E-state index is 0.670. The van der Waals surface area contributed by atoms with Gasteiger partial charge in [0.15, 0.2) is 0 Å². The summed E-state index contributed by atoms with van der Waals surface area (Å²) in [6.07, 6.45) is 17.8. The van der Waals surface area contributed by atoms with Crippen LogP contribution in [0.15, 0.2) is 17.8 Å². The van der Waals surface area contributed by atoms with Crippen LogP contribution in [0, 0.1) is 18.3 Å². The number of hydrogen-bond donors (Lipinski definition) is 0. The third kappa shape index (κ3) is 12.7. The van der Waals surface area contributed by atoms with E-state index in [1.807, 2.05) is 6.08 Å². The summed E-state index contributed by atoms with van der Waals surface area (Å²) in [5.41, 5.74) is 1.22. The number of allylic oxidation sites excluding steroid dienone is 1. The van der Waals surface area contributed by atoms with Crippen molar-refractivity contribution in [2.24, 2.45) is 11.1 Å². The number of oxime groups is 1. The fraction of sp³-hybridized carbons (Fsp3) is 0.762. The van der Waals surface area contributed by atoms with Gasteiger partial charge in [-0.1, -0.05) is 11.2 Å². The third-order valence-corrected chi connectivity index (χ3v) is 4.32. The van der Waals surface area contributed by atoms with Gasteiger partial charge in [0.05, 0.1) is 18.9 Å². The summed E-state index contributed by atoms with van der Waals surface area (Å²) in [6.45, 7) is 7.41. The van der Waals surface area contributed by atoms with E-state index in [9.17, 15) is 0 Å². The first-order chi connectivity index (χ1) is 12.4. The molecular formula is C21H35NO3. The lowest BCUT2D eigenvalue weighted by atomic mass is 10.0. The first-order valence-electron chi connectivity index (χ1n) is 9.74. The van der Waals surface area contributed by atoms with Crippen LogP contribution in [0.1, 0.15) is 64.2 Å². The monoisotopic (exact) mass is 349 g/mol. The lowest BCUT2D eigenvalue weighted by Crippen LogP contribution is -2.06.